The molecule has 5 rings (SSSR count). The summed E-state index contributed by atoms with van der Waals surface area (Å²) in [6.45, 7) is 9.90. The predicted molar refractivity (Wildman–Crippen MR) is 183 cm³/mol. The minimum Gasteiger partial charge on any atom is -0.378 e. The number of hydrogen-bond donors (Lipinski definition) is 0. The molecular weight excluding hydrogens is 605 g/mol. The molecule has 0 aliphatic carbocycles. The van der Waals surface area contributed by atoms with Gasteiger partial charge in [-0.15, -0.1) is 30.1 Å². The van der Waals surface area contributed by atoms with E-state index in [0.29, 0.717) is 38.6 Å². The van der Waals surface area contributed by atoms with Crippen LogP contribution in [-0.4, -0.2) is 65.3 Å². The van der Waals surface area contributed by atoms with E-state index in [0.717, 1.165) is 48.3 Å². The first-order valence-corrected chi connectivity index (χ1v) is 18.5. The topological polar surface area (TPSA) is 63.2 Å². The summed E-state index contributed by atoms with van der Waals surface area (Å²) in [5.41, 5.74) is 2.26. The van der Waals surface area contributed by atoms with Crippen molar-refractivity contribution < 1.29 is 28.5 Å². The maximum Gasteiger partial charge on any atom is 0.190 e. The van der Waals surface area contributed by atoms with Crippen LogP contribution in [0.4, 0.5) is 0 Å². The molecule has 8 heteroatoms. The van der Waals surface area contributed by atoms with Crippen LogP contribution in [-0.2, 0) is 41.7 Å². The van der Waals surface area contributed by atoms with Crippen LogP contribution in [0.15, 0.2) is 73.3 Å². The standard InChI is InChI=1S/C37H50O6S2/c1-5-28(3)37(44-21-12-22-45-37)35(38)34-32(39-4)18-20-36(43-34)19-17-27(2)33(42-36)23-31(41-25-30-15-10-7-11-16-30)26-40-24-29-13-8-6-9-14-29/h5-11,13-16,27-28,31-34H,1,12,17-26H2,2-4H3/t27-,28-,31+,32-,33+,34-,36-/m0/s1. The average Bonchev–Trinajstić information content (AvgIpc) is 3.09. The fourth-order valence-electron chi connectivity index (χ4n) is 6.62. The molecule has 1 spiro atoms. The van der Waals surface area contributed by atoms with Crippen LogP contribution >= 0.6 is 23.5 Å². The molecule has 0 aromatic heterocycles. The summed E-state index contributed by atoms with van der Waals surface area (Å²) >= 11 is 3.49. The second-order valence-corrected chi connectivity index (χ2v) is 15.6. The number of benzene rings is 2. The van der Waals surface area contributed by atoms with Crippen molar-refractivity contribution in [2.45, 2.75) is 99.9 Å². The van der Waals surface area contributed by atoms with Gasteiger partial charge in [0.1, 0.15) is 10.2 Å². The number of carbonyl (C=O) groups excluding carboxylic acids is 1. The van der Waals surface area contributed by atoms with Crippen LogP contribution < -0.4 is 0 Å². The van der Waals surface area contributed by atoms with Gasteiger partial charge in [0.25, 0.3) is 0 Å². The number of ketones is 1. The Hall–Kier alpha value is -1.65. The van der Waals surface area contributed by atoms with Crippen LogP contribution in [0.5, 0.6) is 0 Å². The van der Waals surface area contributed by atoms with Gasteiger partial charge in [0, 0.05) is 32.3 Å². The van der Waals surface area contributed by atoms with Crippen LogP contribution in [0.1, 0.15) is 63.5 Å². The Morgan fingerprint density at radius 1 is 1.00 bits per heavy atom. The van der Waals surface area contributed by atoms with Gasteiger partial charge in [-0.05, 0) is 47.8 Å². The SMILES string of the molecule is C=C[C@H](C)C1(C(=O)[C@H]2O[C@]3(CC[C@@H]2OC)CC[C@H](C)[C@@H](C[C@H](COCc2ccccc2)OCc2ccccc2)O3)SCCCS1. The highest BCUT2D eigenvalue weighted by Gasteiger charge is 2.55. The monoisotopic (exact) mass is 654 g/mol. The molecule has 0 radical (unpaired) electrons. The number of ether oxygens (including phenoxy) is 5. The van der Waals surface area contributed by atoms with Crippen molar-refractivity contribution in [3.8, 4) is 0 Å². The number of allylic oxidation sites excluding steroid dienone is 1. The van der Waals surface area contributed by atoms with E-state index >= 15 is 0 Å². The lowest BCUT2D eigenvalue weighted by molar-refractivity contribution is -0.334. The molecule has 3 fully saturated rings. The van der Waals surface area contributed by atoms with E-state index in [-0.39, 0.29) is 30.0 Å². The van der Waals surface area contributed by atoms with Crippen molar-refractivity contribution in [3.05, 3.63) is 84.4 Å². The third-order valence-electron chi connectivity index (χ3n) is 9.49. The summed E-state index contributed by atoms with van der Waals surface area (Å²) in [6.07, 6.45) is 5.60. The molecule has 7 atom stereocenters. The van der Waals surface area contributed by atoms with Gasteiger partial charge in [0.15, 0.2) is 11.6 Å². The molecule has 3 aliphatic rings. The molecule has 0 unspecified atom stereocenters. The van der Waals surface area contributed by atoms with E-state index in [1.54, 1.807) is 30.6 Å². The van der Waals surface area contributed by atoms with Gasteiger partial charge in [-0.2, -0.15) is 0 Å². The molecule has 246 valence electrons. The third kappa shape index (κ3) is 8.64. The molecule has 45 heavy (non-hydrogen) atoms. The molecule has 2 aromatic rings. The van der Waals surface area contributed by atoms with E-state index in [2.05, 4.69) is 44.7 Å². The predicted octanol–water partition coefficient (Wildman–Crippen LogP) is 7.84. The van der Waals surface area contributed by atoms with Gasteiger partial charge < -0.3 is 23.7 Å². The zero-order valence-electron chi connectivity index (χ0n) is 27.1. The number of thioether (sulfide) groups is 2. The Labute approximate surface area is 278 Å². The maximum absolute atomic E-state index is 14.5. The molecule has 0 amide bonds. The number of hydrogen-bond acceptors (Lipinski definition) is 8. The summed E-state index contributed by atoms with van der Waals surface area (Å²) < 4.78 is 31.8. The Kier molecular flexibility index (Phi) is 12.7. The van der Waals surface area contributed by atoms with Gasteiger partial charge >= 0.3 is 0 Å². The molecule has 3 saturated heterocycles. The highest BCUT2D eigenvalue weighted by molar-refractivity contribution is 8.20. The van der Waals surface area contributed by atoms with E-state index in [1.165, 1.54) is 0 Å². The summed E-state index contributed by atoms with van der Waals surface area (Å²) in [4.78, 5) is 14.5. The van der Waals surface area contributed by atoms with Crippen LogP contribution in [0.2, 0.25) is 0 Å². The van der Waals surface area contributed by atoms with Crippen molar-refractivity contribution >= 4 is 29.3 Å². The van der Waals surface area contributed by atoms with Gasteiger partial charge in [-0.25, -0.2) is 0 Å². The minimum atomic E-state index is -0.815. The third-order valence-corrected chi connectivity index (χ3v) is 13.2. The molecular formula is C37H50O6S2. The first kappa shape index (κ1) is 34.7. The first-order valence-electron chi connectivity index (χ1n) is 16.5. The number of carbonyl (C=O) groups is 1. The fraction of sp³-hybridized carbons (Fsp3) is 0.595. The van der Waals surface area contributed by atoms with Crippen molar-refractivity contribution in [3.63, 3.8) is 0 Å². The van der Waals surface area contributed by atoms with E-state index in [4.69, 9.17) is 23.7 Å². The summed E-state index contributed by atoms with van der Waals surface area (Å²) in [7, 11) is 1.69. The lowest BCUT2D eigenvalue weighted by Gasteiger charge is -2.51. The molecule has 0 saturated carbocycles. The second-order valence-electron chi connectivity index (χ2n) is 12.7. The largest absolute Gasteiger partial charge is 0.378 e. The highest BCUT2D eigenvalue weighted by atomic mass is 32.2. The zero-order valence-corrected chi connectivity index (χ0v) is 28.7. The number of rotatable bonds is 14. The summed E-state index contributed by atoms with van der Waals surface area (Å²) in [6, 6.07) is 20.5. The molecule has 0 N–H and O–H groups in total. The lowest BCUT2D eigenvalue weighted by Crippen LogP contribution is -2.60. The van der Waals surface area contributed by atoms with Gasteiger partial charge in [0.2, 0.25) is 0 Å². The van der Waals surface area contributed by atoms with E-state index < -0.39 is 16.0 Å². The molecule has 6 nitrogen and oxygen atoms in total. The number of Topliss-reactive ketones (excluding diaryl/α,β-unsaturated/α-hetero) is 1. The summed E-state index contributed by atoms with van der Waals surface area (Å²) in [5.74, 6) is 1.54. The zero-order chi connectivity index (χ0) is 31.7. The van der Waals surface area contributed by atoms with Gasteiger partial charge in [-0.3, -0.25) is 4.79 Å². The van der Waals surface area contributed by atoms with Crippen LogP contribution in [0.25, 0.3) is 0 Å². The minimum absolute atomic E-state index is 0.0118. The van der Waals surface area contributed by atoms with Crippen LogP contribution in [0, 0.1) is 11.8 Å². The van der Waals surface area contributed by atoms with Crippen molar-refractivity contribution in [2.24, 2.45) is 11.8 Å². The smallest absolute Gasteiger partial charge is 0.190 e. The summed E-state index contributed by atoms with van der Waals surface area (Å²) in [5, 5.41) is 0. The normalized spacial score (nSPS) is 29.6. The Bertz CT molecular complexity index is 1210. The van der Waals surface area contributed by atoms with Crippen molar-refractivity contribution in [1.29, 1.82) is 0 Å². The molecule has 0 bridgehead atoms. The highest BCUT2D eigenvalue weighted by Crippen LogP contribution is 2.52. The van der Waals surface area contributed by atoms with Crippen molar-refractivity contribution in [2.75, 3.05) is 25.2 Å². The Morgan fingerprint density at radius 2 is 1.64 bits per heavy atom. The Morgan fingerprint density at radius 3 is 2.29 bits per heavy atom. The second kappa shape index (κ2) is 16.4. The first-order chi connectivity index (χ1) is 21.9. The lowest BCUT2D eigenvalue weighted by atomic mass is 9.84. The van der Waals surface area contributed by atoms with Crippen molar-refractivity contribution in [1.82, 2.24) is 0 Å². The quantitative estimate of drug-likeness (QED) is 0.191. The van der Waals surface area contributed by atoms with Gasteiger partial charge in [0.05, 0.1) is 38.1 Å². The van der Waals surface area contributed by atoms with Crippen LogP contribution in [0.3, 0.4) is 0 Å². The fourth-order valence-corrected chi connectivity index (χ4v) is 10.1. The molecule has 2 aromatic carbocycles. The van der Waals surface area contributed by atoms with E-state index in [1.807, 2.05) is 42.5 Å². The van der Waals surface area contributed by atoms with Gasteiger partial charge in [-0.1, -0.05) is 80.6 Å². The number of methoxy groups -OCH3 is 1. The Balaban J connectivity index is 1.30. The molecule has 3 aliphatic heterocycles. The average molecular weight is 655 g/mol. The van der Waals surface area contributed by atoms with E-state index in [9.17, 15) is 4.79 Å². The maximum atomic E-state index is 14.5. The molecule has 3 heterocycles.